The smallest absolute Gasteiger partial charge is 0.337 e. The van der Waals surface area contributed by atoms with Gasteiger partial charge < -0.3 is 10.1 Å². The first-order valence-corrected chi connectivity index (χ1v) is 6.53. The second-order valence-corrected chi connectivity index (χ2v) is 5.08. The molecule has 0 aliphatic heterocycles. The van der Waals surface area contributed by atoms with Crippen molar-refractivity contribution in [3.05, 3.63) is 58.7 Å². The molecule has 3 heteroatoms. The molecule has 0 fully saturated rings. The molecule has 0 amide bonds. The van der Waals surface area contributed by atoms with E-state index in [1.807, 2.05) is 19.1 Å². The summed E-state index contributed by atoms with van der Waals surface area (Å²) in [7, 11) is 1.39. The lowest BCUT2D eigenvalue weighted by molar-refractivity contribution is 0.0600. The molecule has 2 aromatic rings. The molecule has 0 aliphatic carbocycles. The first-order valence-electron chi connectivity index (χ1n) is 6.53. The molecule has 0 unspecified atom stereocenters. The van der Waals surface area contributed by atoms with E-state index in [9.17, 15) is 4.79 Å². The number of carbonyl (C=O) groups excluding carboxylic acids is 1. The van der Waals surface area contributed by atoms with Crippen molar-refractivity contribution in [2.24, 2.45) is 0 Å². The lowest BCUT2D eigenvalue weighted by atomic mass is 10.1. The number of rotatable bonds is 3. The highest BCUT2D eigenvalue weighted by Gasteiger charge is 2.07. The zero-order valence-corrected chi connectivity index (χ0v) is 12.3. The maximum Gasteiger partial charge on any atom is 0.337 e. The van der Waals surface area contributed by atoms with Crippen molar-refractivity contribution in [2.45, 2.75) is 20.8 Å². The first-order chi connectivity index (χ1) is 9.47. The molecular weight excluding hydrogens is 250 g/mol. The third kappa shape index (κ3) is 3.38. The van der Waals surface area contributed by atoms with Crippen molar-refractivity contribution in [1.29, 1.82) is 0 Å². The maximum absolute atomic E-state index is 11.6. The van der Waals surface area contributed by atoms with Gasteiger partial charge in [0.2, 0.25) is 0 Å². The highest BCUT2D eigenvalue weighted by atomic mass is 16.5. The number of hydrogen-bond donors (Lipinski definition) is 1. The van der Waals surface area contributed by atoms with E-state index in [0.717, 1.165) is 16.9 Å². The molecule has 0 spiro atoms. The predicted molar refractivity (Wildman–Crippen MR) is 81.7 cm³/mol. The minimum atomic E-state index is -0.322. The molecule has 0 saturated heterocycles. The minimum absolute atomic E-state index is 0.322. The van der Waals surface area contributed by atoms with Crippen LogP contribution in [0.25, 0.3) is 0 Å². The van der Waals surface area contributed by atoms with Crippen LogP contribution < -0.4 is 5.32 Å². The van der Waals surface area contributed by atoms with Gasteiger partial charge in [-0.1, -0.05) is 6.07 Å². The number of anilines is 2. The SMILES string of the molecule is COC(=O)c1cc(C)cc(Nc2cc(C)cc(C)c2)c1. The third-order valence-corrected chi connectivity index (χ3v) is 3.01. The van der Waals surface area contributed by atoms with Crippen LogP contribution in [0.5, 0.6) is 0 Å². The molecule has 0 bridgehead atoms. The fraction of sp³-hybridized carbons (Fsp3) is 0.235. The lowest BCUT2D eigenvalue weighted by Crippen LogP contribution is -2.03. The molecule has 2 rings (SSSR count). The Bertz CT molecular complexity index is 627. The van der Waals surface area contributed by atoms with Crippen molar-refractivity contribution in [1.82, 2.24) is 0 Å². The highest BCUT2D eigenvalue weighted by molar-refractivity contribution is 5.91. The number of nitrogens with one attached hydrogen (secondary N) is 1. The number of aryl methyl sites for hydroxylation is 3. The number of benzene rings is 2. The van der Waals surface area contributed by atoms with Crippen molar-refractivity contribution in [3.8, 4) is 0 Å². The summed E-state index contributed by atoms with van der Waals surface area (Å²) in [5, 5.41) is 3.34. The number of ether oxygens (including phenoxy) is 1. The quantitative estimate of drug-likeness (QED) is 0.851. The summed E-state index contributed by atoms with van der Waals surface area (Å²) >= 11 is 0. The number of esters is 1. The zero-order chi connectivity index (χ0) is 14.7. The van der Waals surface area contributed by atoms with E-state index in [-0.39, 0.29) is 5.97 Å². The van der Waals surface area contributed by atoms with Crippen LogP contribution >= 0.6 is 0 Å². The predicted octanol–water partition coefficient (Wildman–Crippen LogP) is 4.14. The van der Waals surface area contributed by atoms with E-state index in [1.165, 1.54) is 18.2 Å². The summed E-state index contributed by atoms with van der Waals surface area (Å²) in [4.78, 5) is 11.6. The van der Waals surface area contributed by atoms with Gasteiger partial charge in [0.1, 0.15) is 0 Å². The number of methoxy groups -OCH3 is 1. The summed E-state index contributed by atoms with van der Waals surface area (Å²) in [5.41, 5.74) is 5.88. The van der Waals surface area contributed by atoms with Crippen molar-refractivity contribution < 1.29 is 9.53 Å². The van der Waals surface area contributed by atoms with E-state index in [0.29, 0.717) is 5.56 Å². The second kappa shape index (κ2) is 5.78. The molecule has 1 N–H and O–H groups in total. The van der Waals surface area contributed by atoms with Gasteiger partial charge in [-0.05, 0) is 67.8 Å². The second-order valence-electron chi connectivity index (χ2n) is 5.08. The van der Waals surface area contributed by atoms with Crippen LogP contribution in [0.3, 0.4) is 0 Å². The Kier molecular flexibility index (Phi) is 4.08. The van der Waals surface area contributed by atoms with Gasteiger partial charge in [-0.15, -0.1) is 0 Å². The number of hydrogen-bond acceptors (Lipinski definition) is 3. The van der Waals surface area contributed by atoms with Gasteiger partial charge in [0.15, 0.2) is 0 Å². The zero-order valence-electron chi connectivity index (χ0n) is 12.3. The average Bonchev–Trinajstić information content (AvgIpc) is 2.35. The molecule has 0 heterocycles. The van der Waals surface area contributed by atoms with Crippen LogP contribution in [-0.2, 0) is 4.74 Å². The molecule has 0 aliphatic rings. The van der Waals surface area contributed by atoms with E-state index >= 15 is 0 Å². The first kappa shape index (κ1) is 14.1. The van der Waals surface area contributed by atoms with E-state index in [4.69, 9.17) is 4.74 Å². The van der Waals surface area contributed by atoms with Crippen LogP contribution in [0, 0.1) is 20.8 Å². The number of carbonyl (C=O) groups is 1. The third-order valence-electron chi connectivity index (χ3n) is 3.01. The standard InChI is InChI=1S/C17H19NO2/c1-11-5-12(2)8-15(7-11)18-16-9-13(3)6-14(10-16)17(19)20-4/h5-10,18H,1-4H3. The van der Waals surface area contributed by atoms with Crippen LogP contribution in [-0.4, -0.2) is 13.1 Å². The van der Waals surface area contributed by atoms with Crippen LogP contribution in [0.2, 0.25) is 0 Å². The topological polar surface area (TPSA) is 38.3 Å². The Morgan fingerprint density at radius 2 is 1.35 bits per heavy atom. The van der Waals surface area contributed by atoms with Gasteiger partial charge in [-0.25, -0.2) is 4.79 Å². The van der Waals surface area contributed by atoms with Crippen molar-refractivity contribution >= 4 is 17.3 Å². The van der Waals surface area contributed by atoms with E-state index in [1.54, 1.807) is 6.07 Å². The van der Waals surface area contributed by atoms with Crippen LogP contribution in [0.4, 0.5) is 11.4 Å². The van der Waals surface area contributed by atoms with Gasteiger partial charge in [0.05, 0.1) is 12.7 Å². The Morgan fingerprint density at radius 3 is 1.90 bits per heavy atom. The molecule has 0 aromatic heterocycles. The Labute approximate surface area is 119 Å². The molecule has 0 atom stereocenters. The summed E-state index contributed by atoms with van der Waals surface area (Å²) in [6, 6.07) is 11.9. The van der Waals surface area contributed by atoms with Crippen molar-refractivity contribution in [3.63, 3.8) is 0 Å². The molecular formula is C17H19NO2. The Morgan fingerprint density at radius 1 is 0.850 bits per heavy atom. The maximum atomic E-state index is 11.6. The van der Waals surface area contributed by atoms with Gasteiger partial charge in [0, 0.05) is 11.4 Å². The lowest BCUT2D eigenvalue weighted by Gasteiger charge is -2.11. The Balaban J connectivity index is 2.33. The van der Waals surface area contributed by atoms with Gasteiger partial charge in [0.25, 0.3) is 0 Å². The largest absolute Gasteiger partial charge is 0.465 e. The fourth-order valence-corrected chi connectivity index (χ4v) is 2.30. The van der Waals surface area contributed by atoms with Crippen LogP contribution in [0.15, 0.2) is 36.4 Å². The monoisotopic (exact) mass is 269 g/mol. The molecule has 3 nitrogen and oxygen atoms in total. The van der Waals surface area contributed by atoms with E-state index in [2.05, 4.69) is 37.4 Å². The highest BCUT2D eigenvalue weighted by Crippen LogP contribution is 2.22. The van der Waals surface area contributed by atoms with Gasteiger partial charge >= 0.3 is 5.97 Å². The van der Waals surface area contributed by atoms with Gasteiger partial charge in [-0.2, -0.15) is 0 Å². The summed E-state index contributed by atoms with van der Waals surface area (Å²) in [5.74, 6) is -0.322. The molecule has 104 valence electrons. The summed E-state index contributed by atoms with van der Waals surface area (Å²) in [6.45, 7) is 6.09. The fourth-order valence-electron chi connectivity index (χ4n) is 2.30. The summed E-state index contributed by atoms with van der Waals surface area (Å²) in [6.07, 6.45) is 0. The van der Waals surface area contributed by atoms with E-state index < -0.39 is 0 Å². The Hall–Kier alpha value is -2.29. The van der Waals surface area contributed by atoms with Crippen molar-refractivity contribution in [2.75, 3.05) is 12.4 Å². The molecule has 2 aromatic carbocycles. The van der Waals surface area contributed by atoms with Gasteiger partial charge in [-0.3, -0.25) is 0 Å². The molecule has 0 radical (unpaired) electrons. The molecule has 20 heavy (non-hydrogen) atoms. The summed E-state index contributed by atoms with van der Waals surface area (Å²) < 4.78 is 4.77. The van der Waals surface area contributed by atoms with Crippen LogP contribution in [0.1, 0.15) is 27.0 Å². The normalized spacial score (nSPS) is 10.2. The molecule has 0 saturated carbocycles. The minimum Gasteiger partial charge on any atom is -0.465 e. The average molecular weight is 269 g/mol.